The van der Waals surface area contributed by atoms with Crippen molar-refractivity contribution in [2.24, 2.45) is 0 Å². The van der Waals surface area contributed by atoms with Crippen molar-refractivity contribution in [2.75, 3.05) is 19.3 Å². The lowest BCUT2D eigenvalue weighted by molar-refractivity contribution is 0.272. The Hall–Kier alpha value is -8.63. The summed E-state index contributed by atoms with van der Waals surface area (Å²) in [5, 5.41) is 88.9. The highest BCUT2D eigenvalue weighted by Crippen LogP contribution is 2.87. The molecule has 29 aromatic rings. The molecule has 3 heteroatoms. The molecule has 3 atom stereocenters. The molecule has 1 aliphatic heterocycles. The minimum atomic E-state index is -0.412. The Morgan fingerprint density at radius 1 is 0.338 bits per heavy atom. The Kier molecular flexibility index (Phi) is 2.20. The van der Waals surface area contributed by atoms with Crippen molar-refractivity contribution in [3.8, 4) is 0 Å². The van der Waals surface area contributed by atoms with Crippen LogP contribution in [0.1, 0.15) is 33.9 Å². The van der Waals surface area contributed by atoms with Crippen molar-refractivity contribution in [3.63, 3.8) is 0 Å². The van der Waals surface area contributed by atoms with Crippen molar-refractivity contribution >= 4 is 297 Å². The van der Waals surface area contributed by atoms with E-state index in [1.807, 2.05) is 6.20 Å². The average molecular weight is 870 g/mol. The van der Waals surface area contributed by atoms with E-state index in [4.69, 9.17) is 10.7 Å². The zero-order valence-corrected chi connectivity index (χ0v) is 36.5. The molecule has 71 heavy (non-hydrogen) atoms. The number of rotatable bonds is 1. The van der Waals surface area contributed by atoms with Crippen LogP contribution in [0.4, 0.5) is 5.82 Å². The number of pyridine rings is 1. The highest BCUT2D eigenvalue weighted by Gasteiger charge is 2.76. The molecule has 0 amide bonds. The van der Waals surface area contributed by atoms with Gasteiger partial charge in [-0.2, -0.15) is 0 Å². The van der Waals surface area contributed by atoms with E-state index in [0.717, 1.165) is 6.54 Å². The lowest BCUT2D eigenvalue weighted by atomic mass is 9.49. The van der Waals surface area contributed by atoms with Gasteiger partial charge in [0.25, 0.3) is 0 Å². The van der Waals surface area contributed by atoms with Crippen molar-refractivity contribution in [2.45, 2.75) is 16.9 Å². The number of hydrogen-bond acceptors (Lipinski definition) is 3. The Morgan fingerprint density at radius 2 is 0.563 bits per heavy atom. The Balaban J connectivity index is 1.18. The van der Waals surface area contributed by atoms with Crippen LogP contribution in [0.3, 0.4) is 0 Å². The van der Waals surface area contributed by atoms with Crippen LogP contribution in [-0.4, -0.2) is 23.5 Å². The van der Waals surface area contributed by atoms with Crippen LogP contribution in [0.15, 0.2) is 18.3 Å². The average Bonchev–Trinajstić information content (AvgIpc) is 4.34. The summed E-state index contributed by atoms with van der Waals surface area (Å²) in [6.45, 7) is 0.974. The Morgan fingerprint density at radius 3 is 0.887 bits per heavy atom. The fourth-order valence-electron chi connectivity index (χ4n) is 26.2. The zero-order chi connectivity index (χ0) is 42.3. The molecular formula is C68H11N3. The summed E-state index contributed by atoms with van der Waals surface area (Å²) < 4.78 is 0. The first-order valence-electron chi connectivity index (χ1n) is 26.4. The summed E-state index contributed by atoms with van der Waals surface area (Å²) in [6.07, 6.45) is 1.94. The second-order valence-corrected chi connectivity index (χ2v) is 26.3. The predicted octanol–water partition coefficient (Wildman–Crippen LogP) is 17.0. The van der Waals surface area contributed by atoms with Gasteiger partial charge in [0.05, 0.1) is 16.9 Å². The van der Waals surface area contributed by atoms with Crippen LogP contribution in [0, 0.1) is 0 Å². The molecule has 5 aliphatic rings. The number of nitrogen functional groups attached to an aromatic ring is 1. The number of anilines is 1. The van der Waals surface area contributed by atoms with Gasteiger partial charge in [-0.15, -0.1) is 0 Å². The molecule has 0 radical (unpaired) electrons. The SMILES string of the molecule is CN1CC23c4c5c6c7c8c9c(c%10c%11c2c2c%12c4c4c%13c5c5c7c7c8c8c%14c9c%10c9c%10c%11c2c2c%11c%12c4c4c%12c%13c5c5c7c7c8c8c%14c9c9c%10c2c2c%11c4c4c%12c5c7c5c8c9c2c45)C63C1c1cccnc1N. The summed E-state index contributed by atoms with van der Waals surface area (Å²) in [5.41, 5.74) is 14.8. The van der Waals surface area contributed by atoms with Gasteiger partial charge in [-0.25, -0.2) is 4.98 Å². The largest absolute Gasteiger partial charge is 0.383 e. The second kappa shape index (κ2) is 5.92. The minimum absolute atomic E-state index is 0.00644. The van der Waals surface area contributed by atoms with Gasteiger partial charge in [-0.1, -0.05) is 6.07 Å². The Bertz CT molecular complexity index is 7580. The first kappa shape index (κ1) is 26.4. The van der Waals surface area contributed by atoms with Crippen molar-refractivity contribution in [3.05, 3.63) is 46.1 Å². The minimum Gasteiger partial charge on any atom is -0.383 e. The summed E-state index contributed by atoms with van der Waals surface area (Å²) in [4.78, 5) is 7.89. The molecule has 2 heterocycles. The molecule has 3 nitrogen and oxygen atoms in total. The van der Waals surface area contributed by atoms with Crippen molar-refractivity contribution in [1.82, 2.24) is 9.88 Å². The molecule has 0 bridgehead atoms. The summed E-state index contributed by atoms with van der Waals surface area (Å²) >= 11 is 0. The van der Waals surface area contributed by atoms with Gasteiger partial charge >= 0.3 is 0 Å². The van der Waals surface area contributed by atoms with E-state index in [-0.39, 0.29) is 11.5 Å². The third kappa shape index (κ3) is 1.39. The molecule has 34 rings (SSSR count). The number of likely N-dealkylation sites (tertiary alicyclic amines) is 1. The number of hydrogen-bond donors (Lipinski definition) is 1. The topological polar surface area (TPSA) is 42.2 Å². The van der Waals surface area contributed by atoms with Crippen LogP contribution in [0.2, 0.25) is 0 Å². The molecule has 4 aliphatic carbocycles. The second-order valence-electron chi connectivity index (χ2n) is 26.3. The van der Waals surface area contributed by atoms with Gasteiger partial charge in [0, 0.05) is 18.3 Å². The van der Waals surface area contributed by atoms with Crippen LogP contribution in [-0.2, 0) is 10.8 Å². The third-order valence-corrected chi connectivity index (χ3v) is 26.1. The predicted molar refractivity (Wildman–Crippen MR) is 298 cm³/mol. The van der Waals surface area contributed by atoms with Crippen LogP contribution >= 0.6 is 0 Å². The monoisotopic (exact) mass is 869 g/mol. The molecule has 1 fully saturated rings. The maximum absolute atomic E-state index is 7.45. The van der Waals surface area contributed by atoms with E-state index >= 15 is 0 Å². The smallest absolute Gasteiger partial charge is 0.128 e. The lowest BCUT2D eigenvalue weighted by Crippen LogP contribution is -2.50. The fourth-order valence-corrected chi connectivity index (χ4v) is 26.2. The molecule has 0 saturated carbocycles. The van der Waals surface area contributed by atoms with Gasteiger partial charge in [-0.05, 0) is 326 Å². The van der Waals surface area contributed by atoms with Gasteiger partial charge in [0.15, 0.2) is 0 Å². The molecule has 28 aromatic carbocycles. The van der Waals surface area contributed by atoms with Gasteiger partial charge in [0.2, 0.25) is 0 Å². The normalized spacial score (nSPS) is 23.8. The van der Waals surface area contributed by atoms with E-state index in [1.54, 1.807) is 313 Å². The van der Waals surface area contributed by atoms with E-state index in [9.17, 15) is 0 Å². The standard InChI is InChI=1S/C68H11N3/c1-71-5-67-61-54-47-35-27-18-9-7-8-10-13(9)22-29(27)37-38-30(22)28-19(10)21-17-12(8)15-14-11(7)16-20(18)33(35)41-39-25(16)23(14)31-32-24(15)26(17)40-42-34(21)36(28)48-50(38)59(58(61)49(37)47)63-56(48)53(42)57-46(40)44(32)51-43(31)45(39)55(52(41)54)62(67)60(51)64(57)68(63,67)65(71)6-3-2-4-70-66(6)69/h2-4,65H,5H2,1H3,(H2,69,70). The molecule has 2 spiro atoms. The first-order valence-corrected chi connectivity index (χ1v) is 26.4. The van der Waals surface area contributed by atoms with E-state index in [2.05, 4.69) is 24.1 Å². The van der Waals surface area contributed by atoms with Gasteiger partial charge in [-0.3, -0.25) is 4.90 Å². The number of benzene rings is 17. The molecule has 3 unspecified atom stereocenters. The van der Waals surface area contributed by atoms with Crippen LogP contribution in [0.5, 0.6) is 0 Å². The molecule has 1 aromatic heterocycles. The van der Waals surface area contributed by atoms with E-state index in [0.29, 0.717) is 5.82 Å². The maximum Gasteiger partial charge on any atom is 0.128 e. The number of nitrogens with two attached hydrogens (primary N) is 1. The molecule has 2 N–H and O–H groups in total. The molecular weight excluding hydrogens is 859 g/mol. The molecule has 298 valence electrons. The lowest BCUT2D eigenvalue weighted by Gasteiger charge is -2.50. The summed E-state index contributed by atoms with van der Waals surface area (Å²) in [7, 11) is 2.50. The van der Waals surface area contributed by atoms with Crippen LogP contribution < -0.4 is 5.73 Å². The van der Waals surface area contributed by atoms with Crippen molar-refractivity contribution < 1.29 is 0 Å². The van der Waals surface area contributed by atoms with Crippen molar-refractivity contribution in [1.29, 1.82) is 0 Å². The zero-order valence-electron chi connectivity index (χ0n) is 36.5. The van der Waals surface area contributed by atoms with E-state index < -0.39 is 5.41 Å². The summed E-state index contributed by atoms with van der Waals surface area (Å²) in [6, 6.07) is 4.61. The first-order chi connectivity index (χ1) is 35.3. The highest BCUT2D eigenvalue weighted by molar-refractivity contribution is 6.82. The third-order valence-electron chi connectivity index (χ3n) is 26.1. The maximum atomic E-state index is 7.45. The summed E-state index contributed by atoms with van der Waals surface area (Å²) in [5.74, 6) is 0.707. The van der Waals surface area contributed by atoms with Crippen LogP contribution in [0.25, 0.3) is 291 Å². The fraction of sp³-hybridized carbons (Fsp3) is 0.0735. The highest BCUT2D eigenvalue weighted by atomic mass is 15.2. The number of nitrogens with zero attached hydrogens (tertiary/aromatic N) is 2. The van der Waals surface area contributed by atoms with E-state index in [1.165, 1.54) is 5.56 Å². The molecule has 1 saturated heterocycles. The number of aromatic nitrogens is 1. The van der Waals surface area contributed by atoms with Gasteiger partial charge < -0.3 is 5.73 Å². The van der Waals surface area contributed by atoms with Gasteiger partial charge in [0.1, 0.15) is 5.82 Å². The number of likely N-dealkylation sites (N-methyl/N-ethyl adjacent to an activating group) is 1. The Labute approximate surface area is 386 Å². The quantitative estimate of drug-likeness (QED) is 0.167.